The minimum Gasteiger partial charge on any atom is -0.391 e. The van der Waals surface area contributed by atoms with E-state index < -0.39 is 0 Å². The highest BCUT2D eigenvalue weighted by molar-refractivity contribution is 5.85. The van der Waals surface area contributed by atoms with Gasteiger partial charge in [-0.25, -0.2) is 4.98 Å². The van der Waals surface area contributed by atoms with E-state index in [9.17, 15) is 0 Å². The number of nitrogens with zero attached hydrogens (tertiary/aromatic N) is 3. The third-order valence-corrected chi connectivity index (χ3v) is 4.42. The van der Waals surface area contributed by atoms with Crippen LogP contribution in [0.2, 0.25) is 0 Å². The fourth-order valence-electron chi connectivity index (χ4n) is 3.14. The number of aromatic nitrogens is 2. The number of rotatable bonds is 4. The maximum absolute atomic E-state index is 5.47. The maximum atomic E-state index is 5.47. The fourth-order valence-corrected chi connectivity index (χ4v) is 3.14. The molecule has 2 aliphatic heterocycles. The van der Waals surface area contributed by atoms with E-state index in [2.05, 4.69) is 34.1 Å². The largest absolute Gasteiger partial charge is 0.391 e. The Morgan fingerprint density at radius 2 is 2.19 bits per heavy atom. The molecule has 5 heteroatoms. The Bertz CT molecular complexity index is 639. The Morgan fingerprint density at radius 1 is 1.33 bits per heavy atom. The predicted molar refractivity (Wildman–Crippen MR) is 82.5 cm³/mol. The average molecular weight is 284 g/mol. The van der Waals surface area contributed by atoms with Crippen molar-refractivity contribution in [3.63, 3.8) is 0 Å². The van der Waals surface area contributed by atoms with Crippen LogP contribution in [0.3, 0.4) is 0 Å². The highest BCUT2D eigenvalue weighted by Crippen LogP contribution is 2.28. The zero-order valence-electron chi connectivity index (χ0n) is 12.2. The normalized spacial score (nSPS) is 23.1. The number of hydrogen-bond acceptors (Lipinski definition) is 4. The van der Waals surface area contributed by atoms with Gasteiger partial charge < -0.3 is 9.82 Å². The molecule has 1 aromatic carbocycles. The van der Waals surface area contributed by atoms with Crippen LogP contribution < -0.4 is 0 Å². The van der Waals surface area contributed by atoms with Crippen molar-refractivity contribution in [2.75, 3.05) is 19.6 Å². The van der Waals surface area contributed by atoms with E-state index in [1.165, 1.54) is 5.71 Å². The lowest BCUT2D eigenvalue weighted by atomic mass is 9.98. The summed E-state index contributed by atoms with van der Waals surface area (Å²) in [5.74, 6) is 1.63. The summed E-state index contributed by atoms with van der Waals surface area (Å²) in [6.45, 7) is 5.22. The Morgan fingerprint density at radius 3 is 2.95 bits per heavy atom. The Hall–Kier alpha value is -1.88. The lowest BCUT2D eigenvalue weighted by molar-refractivity contribution is 0.0255. The van der Waals surface area contributed by atoms with E-state index in [0.717, 1.165) is 49.3 Å². The van der Waals surface area contributed by atoms with Gasteiger partial charge in [0.15, 0.2) is 0 Å². The number of H-pyrrole nitrogens is 1. The van der Waals surface area contributed by atoms with Gasteiger partial charge >= 0.3 is 0 Å². The smallest absolute Gasteiger partial charge is 0.145 e. The van der Waals surface area contributed by atoms with Crippen LogP contribution in [-0.4, -0.2) is 46.3 Å². The average Bonchev–Trinajstić information content (AvgIpc) is 3.08. The third-order valence-electron chi connectivity index (χ3n) is 4.42. The van der Waals surface area contributed by atoms with E-state index >= 15 is 0 Å². The summed E-state index contributed by atoms with van der Waals surface area (Å²) in [6.07, 6.45) is 2.23. The molecule has 2 aromatic rings. The van der Waals surface area contributed by atoms with Crippen LogP contribution in [0.5, 0.6) is 0 Å². The van der Waals surface area contributed by atoms with E-state index in [0.29, 0.717) is 5.92 Å². The summed E-state index contributed by atoms with van der Waals surface area (Å²) in [4.78, 5) is 16.0. The molecule has 1 atom stereocenters. The molecule has 2 aliphatic rings. The first-order valence-electron chi connectivity index (χ1n) is 7.70. The molecule has 3 heterocycles. The van der Waals surface area contributed by atoms with Gasteiger partial charge in [-0.1, -0.05) is 24.2 Å². The topological polar surface area (TPSA) is 53.5 Å². The van der Waals surface area contributed by atoms with Gasteiger partial charge in [0.2, 0.25) is 0 Å². The quantitative estimate of drug-likeness (QED) is 0.938. The van der Waals surface area contributed by atoms with E-state index in [4.69, 9.17) is 9.82 Å². The van der Waals surface area contributed by atoms with Crippen molar-refractivity contribution in [3.05, 3.63) is 30.1 Å². The number of fused-ring (bicyclic) bond motifs is 1. The Balaban J connectivity index is 1.33. The molecule has 0 spiro atoms. The number of imidazole rings is 1. The standard InChI is InChI=1S/C16H20N4O/c1-2-12-7-13(21-19-12)10-20-8-11(9-20)16-17-14-5-3-4-6-15(14)18-16/h3-6,11,13H,2,7-10H2,1H3,(H,17,18)/t13-/m0/s1. The monoisotopic (exact) mass is 284 g/mol. The zero-order valence-corrected chi connectivity index (χ0v) is 12.2. The van der Waals surface area contributed by atoms with Gasteiger partial charge in [-0.15, -0.1) is 0 Å². The molecule has 1 fully saturated rings. The fraction of sp³-hybridized carbons (Fsp3) is 0.500. The summed E-state index contributed by atoms with van der Waals surface area (Å²) < 4.78 is 0. The number of hydrogen-bond donors (Lipinski definition) is 1. The van der Waals surface area contributed by atoms with Crippen LogP contribution in [0.15, 0.2) is 29.4 Å². The SMILES string of the molecule is CCC1=NO[C@H](CN2CC(c3nc4ccccc4[nH]3)C2)C1. The van der Waals surface area contributed by atoms with Crippen LogP contribution >= 0.6 is 0 Å². The first kappa shape index (κ1) is 12.8. The van der Waals surface area contributed by atoms with Gasteiger partial charge in [0.25, 0.3) is 0 Å². The van der Waals surface area contributed by atoms with Gasteiger partial charge in [0.05, 0.1) is 16.7 Å². The zero-order chi connectivity index (χ0) is 14.2. The molecule has 0 aliphatic carbocycles. The Labute approximate surface area is 124 Å². The van der Waals surface area contributed by atoms with Crippen LogP contribution in [0.25, 0.3) is 11.0 Å². The molecule has 5 nitrogen and oxygen atoms in total. The summed E-state index contributed by atoms with van der Waals surface area (Å²) in [6, 6.07) is 8.21. The second-order valence-corrected chi connectivity index (χ2v) is 6.00. The molecule has 21 heavy (non-hydrogen) atoms. The van der Waals surface area contributed by atoms with Crippen molar-refractivity contribution in [2.24, 2.45) is 5.16 Å². The molecule has 0 radical (unpaired) electrons. The number of benzene rings is 1. The van der Waals surface area contributed by atoms with Gasteiger partial charge in [-0.3, -0.25) is 4.90 Å². The van der Waals surface area contributed by atoms with Crippen molar-refractivity contribution in [1.29, 1.82) is 0 Å². The molecule has 0 unspecified atom stereocenters. The first-order valence-corrected chi connectivity index (χ1v) is 7.70. The summed E-state index contributed by atoms with van der Waals surface area (Å²) >= 11 is 0. The summed E-state index contributed by atoms with van der Waals surface area (Å²) in [5.41, 5.74) is 3.38. The lowest BCUT2D eigenvalue weighted by Crippen LogP contribution is -2.48. The molecule has 1 N–H and O–H groups in total. The maximum Gasteiger partial charge on any atom is 0.145 e. The number of oxime groups is 1. The summed E-state index contributed by atoms with van der Waals surface area (Å²) in [5, 5.41) is 4.12. The molecule has 1 aromatic heterocycles. The van der Waals surface area contributed by atoms with Gasteiger partial charge in [-0.2, -0.15) is 0 Å². The minimum atomic E-state index is 0.247. The van der Waals surface area contributed by atoms with E-state index in [-0.39, 0.29) is 6.10 Å². The third kappa shape index (κ3) is 2.42. The van der Waals surface area contributed by atoms with Gasteiger partial charge in [-0.05, 0) is 18.6 Å². The molecule has 0 amide bonds. The van der Waals surface area contributed by atoms with Gasteiger partial charge in [0, 0.05) is 32.0 Å². The van der Waals surface area contributed by atoms with Gasteiger partial charge in [0.1, 0.15) is 11.9 Å². The van der Waals surface area contributed by atoms with Crippen LogP contribution in [0.1, 0.15) is 31.5 Å². The predicted octanol–water partition coefficient (Wildman–Crippen LogP) is 2.52. The lowest BCUT2D eigenvalue weighted by Gasteiger charge is -2.38. The van der Waals surface area contributed by atoms with E-state index in [1.807, 2.05) is 12.1 Å². The first-order chi connectivity index (χ1) is 10.3. The molecule has 4 rings (SSSR count). The summed E-state index contributed by atoms with van der Waals surface area (Å²) in [7, 11) is 0. The minimum absolute atomic E-state index is 0.247. The van der Waals surface area contributed by atoms with E-state index in [1.54, 1.807) is 0 Å². The number of likely N-dealkylation sites (tertiary alicyclic amines) is 1. The Kier molecular flexibility index (Phi) is 3.15. The number of aromatic amines is 1. The van der Waals surface area contributed by atoms with Crippen molar-refractivity contribution < 1.29 is 4.84 Å². The molecule has 1 saturated heterocycles. The molecule has 0 bridgehead atoms. The second-order valence-electron chi connectivity index (χ2n) is 6.00. The van der Waals surface area contributed by atoms with Crippen molar-refractivity contribution in [3.8, 4) is 0 Å². The van der Waals surface area contributed by atoms with Crippen molar-refractivity contribution in [1.82, 2.24) is 14.9 Å². The van der Waals surface area contributed by atoms with Crippen LogP contribution in [-0.2, 0) is 4.84 Å². The molecular formula is C16H20N4O. The molecular weight excluding hydrogens is 264 g/mol. The molecule has 0 saturated carbocycles. The number of nitrogens with one attached hydrogen (secondary N) is 1. The molecule has 110 valence electrons. The highest BCUT2D eigenvalue weighted by atomic mass is 16.6. The van der Waals surface area contributed by atoms with Crippen LogP contribution in [0, 0.1) is 0 Å². The highest BCUT2D eigenvalue weighted by Gasteiger charge is 2.33. The van der Waals surface area contributed by atoms with Crippen LogP contribution in [0.4, 0.5) is 0 Å². The number of para-hydroxylation sites is 2. The van der Waals surface area contributed by atoms with Crippen molar-refractivity contribution in [2.45, 2.75) is 31.8 Å². The second kappa shape index (κ2) is 5.15. The van der Waals surface area contributed by atoms with Crippen molar-refractivity contribution >= 4 is 16.7 Å².